The maximum atomic E-state index is 13.2. The van der Waals surface area contributed by atoms with E-state index in [0.29, 0.717) is 11.4 Å². The van der Waals surface area contributed by atoms with Crippen molar-refractivity contribution in [1.29, 1.82) is 0 Å². The number of halogens is 3. The smallest absolute Gasteiger partial charge is 0.416 e. The molecule has 1 unspecified atom stereocenters. The molecule has 0 fully saturated rings. The Kier molecular flexibility index (Phi) is 4.09. The molecule has 1 aliphatic heterocycles. The fraction of sp³-hybridized carbons (Fsp3) is 0.235. The summed E-state index contributed by atoms with van der Waals surface area (Å²) in [6.07, 6.45) is -5.34. The van der Waals surface area contributed by atoms with E-state index in [2.05, 4.69) is 0 Å². The number of carbonyl (C=O) groups is 1. The Morgan fingerprint density at radius 2 is 1.83 bits per heavy atom. The van der Waals surface area contributed by atoms with Gasteiger partial charge in [-0.2, -0.15) is 13.2 Å². The van der Waals surface area contributed by atoms with E-state index in [0.717, 1.165) is 6.07 Å². The van der Waals surface area contributed by atoms with Crippen molar-refractivity contribution >= 4 is 11.6 Å². The molecule has 0 radical (unpaired) electrons. The summed E-state index contributed by atoms with van der Waals surface area (Å²) in [5.74, 6) is -0.226. The monoisotopic (exact) mass is 336 g/mol. The molecule has 126 valence electrons. The maximum Gasteiger partial charge on any atom is 0.416 e. The van der Waals surface area contributed by atoms with Gasteiger partial charge in [-0.25, -0.2) is 0 Å². The third-order valence-electron chi connectivity index (χ3n) is 3.86. The molecule has 0 aromatic heterocycles. The number of amides is 1. The number of hydrogen-bond donors (Lipinski definition) is 1. The first kappa shape index (κ1) is 16.2. The number of nitrogens with zero attached hydrogens (tertiary/aromatic N) is 1. The van der Waals surface area contributed by atoms with Crippen LogP contribution in [0, 0.1) is 0 Å². The molecule has 1 heterocycles. The summed E-state index contributed by atoms with van der Waals surface area (Å²) in [7, 11) is 0. The zero-order valence-corrected chi connectivity index (χ0v) is 12.6. The standard InChI is InChI=1S/C17H15F3N2O2/c18-17(19,20)12-6-2-1-5-11(12)9-22-10-15(16(21)23)24-14-8-4-3-7-13(14)22/h1-8,15H,9-10H2,(H2,21,23). The lowest BCUT2D eigenvalue weighted by Crippen LogP contribution is -2.47. The van der Waals surface area contributed by atoms with Gasteiger partial charge in [0.1, 0.15) is 5.75 Å². The number of rotatable bonds is 3. The second-order valence-corrected chi connectivity index (χ2v) is 5.51. The van der Waals surface area contributed by atoms with E-state index in [1.807, 2.05) is 0 Å². The van der Waals surface area contributed by atoms with Crippen molar-refractivity contribution in [2.45, 2.75) is 18.8 Å². The highest BCUT2D eigenvalue weighted by Gasteiger charge is 2.35. The topological polar surface area (TPSA) is 55.6 Å². The van der Waals surface area contributed by atoms with Crippen molar-refractivity contribution in [3.05, 3.63) is 59.7 Å². The first-order valence-electron chi connectivity index (χ1n) is 7.31. The molecule has 0 aliphatic carbocycles. The molecule has 24 heavy (non-hydrogen) atoms. The lowest BCUT2D eigenvalue weighted by Gasteiger charge is -2.35. The van der Waals surface area contributed by atoms with Crippen molar-refractivity contribution in [2.75, 3.05) is 11.4 Å². The van der Waals surface area contributed by atoms with Crippen molar-refractivity contribution in [1.82, 2.24) is 0 Å². The predicted molar refractivity (Wildman–Crippen MR) is 82.5 cm³/mol. The minimum Gasteiger partial charge on any atom is -0.477 e. The summed E-state index contributed by atoms with van der Waals surface area (Å²) in [5, 5.41) is 0. The van der Waals surface area contributed by atoms with Gasteiger partial charge in [-0.05, 0) is 23.8 Å². The van der Waals surface area contributed by atoms with Gasteiger partial charge in [0.25, 0.3) is 5.91 Å². The second kappa shape index (κ2) is 6.07. The third kappa shape index (κ3) is 3.15. The zero-order valence-electron chi connectivity index (χ0n) is 12.6. The number of fused-ring (bicyclic) bond motifs is 1. The number of benzene rings is 2. The Labute approximate surface area is 136 Å². The van der Waals surface area contributed by atoms with Crippen LogP contribution in [0.5, 0.6) is 5.75 Å². The highest BCUT2D eigenvalue weighted by atomic mass is 19.4. The van der Waals surface area contributed by atoms with Crippen LogP contribution in [0.25, 0.3) is 0 Å². The lowest BCUT2D eigenvalue weighted by molar-refractivity contribution is -0.138. The van der Waals surface area contributed by atoms with E-state index in [-0.39, 0.29) is 18.7 Å². The summed E-state index contributed by atoms with van der Waals surface area (Å²) in [5.41, 5.74) is 5.38. The Balaban J connectivity index is 1.97. The van der Waals surface area contributed by atoms with Crippen LogP contribution in [-0.4, -0.2) is 18.6 Å². The molecule has 0 saturated heterocycles. The largest absolute Gasteiger partial charge is 0.477 e. The van der Waals surface area contributed by atoms with Crippen LogP contribution in [0.1, 0.15) is 11.1 Å². The van der Waals surface area contributed by atoms with Crippen molar-refractivity contribution < 1.29 is 22.7 Å². The van der Waals surface area contributed by atoms with Gasteiger partial charge < -0.3 is 15.4 Å². The average molecular weight is 336 g/mol. The second-order valence-electron chi connectivity index (χ2n) is 5.51. The number of carbonyl (C=O) groups excluding carboxylic acids is 1. The number of primary amides is 1. The van der Waals surface area contributed by atoms with Crippen LogP contribution in [0.15, 0.2) is 48.5 Å². The first-order valence-corrected chi connectivity index (χ1v) is 7.31. The SMILES string of the molecule is NC(=O)C1CN(Cc2ccccc2C(F)(F)F)c2ccccc2O1. The molecular weight excluding hydrogens is 321 g/mol. The number of nitrogens with two attached hydrogens (primary N) is 1. The number of ether oxygens (including phenoxy) is 1. The Morgan fingerprint density at radius 1 is 1.17 bits per heavy atom. The zero-order chi connectivity index (χ0) is 17.3. The Bertz CT molecular complexity index is 761. The molecule has 0 bridgehead atoms. The third-order valence-corrected chi connectivity index (χ3v) is 3.86. The lowest BCUT2D eigenvalue weighted by atomic mass is 10.1. The van der Waals surface area contributed by atoms with Crippen LogP contribution in [0.4, 0.5) is 18.9 Å². The summed E-state index contributed by atoms with van der Waals surface area (Å²) in [4.78, 5) is 13.2. The molecule has 1 atom stereocenters. The highest BCUT2D eigenvalue weighted by Crippen LogP contribution is 2.37. The Hall–Kier alpha value is -2.70. The quantitative estimate of drug-likeness (QED) is 0.938. The van der Waals surface area contributed by atoms with E-state index in [1.54, 1.807) is 35.2 Å². The van der Waals surface area contributed by atoms with E-state index in [4.69, 9.17) is 10.5 Å². The van der Waals surface area contributed by atoms with E-state index < -0.39 is 23.8 Å². The van der Waals surface area contributed by atoms with Gasteiger partial charge in [0.2, 0.25) is 0 Å². The van der Waals surface area contributed by atoms with Gasteiger partial charge in [-0.1, -0.05) is 30.3 Å². The molecule has 0 saturated carbocycles. The van der Waals surface area contributed by atoms with Gasteiger partial charge >= 0.3 is 6.18 Å². The first-order chi connectivity index (χ1) is 11.4. The van der Waals surface area contributed by atoms with Crippen LogP contribution in [-0.2, 0) is 17.5 Å². The number of alkyl halides is 3. The predicted octanol–water partition coefficient (Wildman–Crippen LogP) is 2.96. The minimum absolute atomic E-state index is 0.000162. The number of hydrogen-bond acceptors (Lipinski definition) is 3. The molecule has 7 heteroatoms. The average Bonchev–Trinajstić information content (AvgIpc) is 2.54. The summed E-state index contributed by atoms with van der Waals surface area (Å²) in [6, 6.07) is 12.3. The highest BCUT2D eigenvalue weighted by molar-refractivity contribution is 5.81. The van der Waals surface area contributed by atoms with E-state index in [9.17, 15) is 18.0 Å². The molecule has 3 rings (SSSR count). The van der Waals surface area contributed by atoms with Gasteiger partial charge in [-0.3, -0.25) is 4.79 Å². The molecule has 1 aliphatic rings. The van der Waals surface area contributed by atoms with Gasteiger partial charge in [0.05, 0.1) is 17.8 Å². The maximum absolute atomic E-state index is 13.2. The van der Waals surface area contributed by atoms with E-state index in [1.165, 1.54) is 12.1 Å². The molecule has 2 aromatic carbocycles. The van der Waals surface area contributed by atoms with Crippen LogP contribution in [0.2, 0.25) is 0 Å². The van der Waals surface area contributed by atoms with Gasteiger partial charge in [0, 0.05) is 6.54 Å². The fourth-order valence-corrected chi connectivity index (χ4v) is 2.75. The van der Waals surface area contributed by atoms with Crippen molar-refractivity contribution in [3.63, 3.8) is 0 Å². The number of anilines is 1. The molecule has 1 amide bonds. The molecule has 2 aromatic rings. The summed E-state index contributed by atoms with van der Waals surface area (Å²) in [6.45, 7) is 0.0956. The van der Waals surface area contributed by atoms with Crippen LogP contribution >= 0.6 is 0 Å². The van der Waals surface area contributed by atoms with Crippen molar-refractivity contribution in [2.24, 2.45) is 5.73 Å². The van der Waals surface area contributed by atoms with Crippen LogP contribution in [0.3, 0.4) is 0 Å². The fourth-order valence-electron chi connectivity index (χ4n) is 2.75. The Morgan fingerprint density at radius 3 is 2.54 bits per heavy atom. The van der Waals surface area contributed by atoms with Crippen molar-refractivity contribution in [3.8, 4) is 5.75 Å². The number of para-hydroxylation sites is 2. The molecule has 2 N–H and O–H groups in total. The van der Waals surface area contributed by atoms with E-state index >= 15 is 0 Å². The summed E-state index contributed by atoms with van der Waals surface area (Å²) < 4.78 is 45.1. The normalized spacial score (nSPS) is 17.1. The summed E-state index contributed by atoms with van der Waals surface area (Å²) >= 11 is 0. The molecule has 4 nitrogen and oxygen atoms in total. The molecule has 0 spiro atoms. The van der Waals surface area contributed by atoms with Crippen LogP contribution < -0.4 is 15.4 Å². The molecular formula is C17H15F3N2O2. The van der Waals surface area contributed by atoms with Gasteiger partial charge in [0.15, 0.2) is 6.10 Å². The minimum atomic E-state index is -4.44. The van der Waals surface area contributed by atoms with Gasteiger partial charge in [-0.15, -0.1) is 0 Å².